The van der Waals surface area contributed by atoms with E-state index in [1.165, 1.54) is 19.5 Å². The molecule has 16 heavy (non-hydrogen) atoms. The summed E-state index contributed by atoms with van der Waals surface area (Å²) in [7, 11) is -0.628. The first-order valence-electron chi connectivity index (χ1n) is 6.39. The number of rotatable bonds is 6. The molecule has 3 unspecified atom stereocenters. The SMILES string of the molecule is CCNC1CCN(CCCS(C)=O)CC1C. The van der Waals surface area contributed by atoms with Crippen LogP contribution >= 0.6 is 0 Å². The van der Waals surface area contributed by atoms with Gasteiger partial charge in [-0.25, -0.2) is 0 Å². The number of hydrogen-bond acceptors (Lipinski definition) is 3. The van der Waals surface area contributed by atoms with Crippen molar-refractivity contribution in [1.29, 1.82) is 0 Å². The molecule has 0 bridgehead atoms. The average Bonchev–Trinajstić information content (AvgIpc) is 2.21. The number of nitrogens with one attached hydrogen (secondary N) is 1. The van der Waals surface area contributed by atoms with E-state index in [2.05, 4.69) is 24.1 Å². The quantitative estimate of drug-likeness (QED) is 0.761. The van der Waals surface area contributed by atoms with Crippen LogP contribution in [0.1, 0.15) is 26.7 Å². The van der Waals surface area contributed by atoms with E-state index in [4.69, 9.17) is 0 Å². The van der Waals surface area contributed by atoms with E-state index >= 15 is 0 Å². The van der Waals surface area contributed by atoms with Crippen molar-refractivity contribution < 1.29 is 4.21 Å². The lowest BCUT2D eigenvalue weighted by Gasteiger charge is -2.37. The van der Waals surface area contributed by atoms with Crippen molar-refractivity contribution >= 4 is 10.8 Å². The lowest BCUT2D eigenvalue weighted by Crippen LogP contribution is -2.48. The molecule has 0 saturated carbocycles. The van der Waals surface area contributed by atoms with Crippen LogP contribution in [0.3, 0.4) is 0 Å². The zero-order valence-electron chi connectivity index (χ0n) is 10.9. The van der Waals surface area contributed by atoms with Gasteiger partial charge >= 0.3 is 0 Å². The molecule has 1 saturated heterocycles. The zero-order chi connectivity index (χ0) is 12.0. The Kier molecular flexibility index (Phi) is 6.54. The third-order valence-corrected chi connectivity index (χ3v) is 4.23. The Morgan fingerprint density at radius 1 is 1.50 bits per heavy atom. The lowest BCUT2D eigenvalue weighted by atomic mass is 9.94. The minimum absolute atomic E-state index is 0.628. The molecule has 1 fully saturated rings. The number of likely N-dealkylation sites (tertiary alicyclic amines) is 1. The maximum Gasteiger partial charge on any atom is 0.0244 e. The fourth-order valence-corrected chi connectivity index (χ4v) is 3.03. The van der Waals surface area contributed by atoms with Gasteiger partial charge in [-0.1, -0.05) is 13.8 Å². The van der Waals surface area contributed by atoms with E-state index in [0.29, 0.717) is 6.04 Å². The molecule has 3 atom stereocenters. The van der Waals surface area contributed by atoms with Crippen LogP contribution in [-0.4, -0.2) is 53.3 Å². The molecule has 96 valence electrons. The first-order valence-corrected chi connectivity index (χ1v) is 8.12. The maximum absolute atomic E-state index is 11.0. The van der Waals surface area contributed by atoms with E-state index in [1.54, 1.807) is 6.26 Å². The molecule has 4 heteroatoms. The van der Waals surface area contributed by atoms with Crippen LogP contribution in [0, 0.1) is 5.92 Å². The van der Waals surface area contributed by atoms with E-state index in [0.717, 1.165) is 31.2 Å². The Morgan fingerprint density at radius 2 is 2.25 bits per heavy atom. The van der Waals surface area contributed by atoms with Gasteiger partial charge in [-0.15, -0.1) is 0 Å². The highest BCUT2D eigenvalue weighted by Gasteiger charge is 2.24. The summed E-state index contributed by atoms with van der Waals surface area (Å²) in [6, 6.07) is 0.696. The van der Waals surface area contributed by atoms with E-state index in [9.17, 15) is 4.21 Å². The average molecular weight is 246 g/mol. The third kappa shape index (κ3) is 4.93. The number of nitrogens with zero attached hydrogens (tertiary/aromatic N) is 1. The summed E-state index contributed by atoms with van der Waals surface area (Å²) in [6.07, 6.45) is 4.12. The molecule has 1 N–H and O–H groups in total. The van der Waals surface area contributed by atoms with Gasteiger partial charge in [-0.3, -0.25) is 4.21 Å². The topological polar surface area (TPSA) is 32.3 Å². The molecule has 0 aromatic heterocycles. The summed E-state index contributed by atoms with van der Waals surface area (Å²) < 4.78 is 11.0. The molecular weight excluding hydrogens is 220 g/mol. The number of hydrogen-bond donors (Lipinski definition) is 1. The van der Waals surface area contributed by atoms with Gasteiger partial charge in [0.2, 0.25) is 0 Å². The van der Waals surface area contributed by atoms with Crippen LogP contribution < -0.4 is 5.32 Å². The Morgan fingerprint density at radius 3 is 2.81 bits per heavy atom. The van der Waals surface area contributed by atoms with Crippen molar-refractivity contribution in [2.45, 2.75) is 32.7 Å². The van der Waals surface area contributed by atoms with Crippen molar-refractivity contribution in [2.24, 2.45) is 5.92 Å². The summed E-state index contributed by atoms with van der Waals surface area (Å²) in [5.74, 6) is 1.59. The fourth-order valence-electron chi connectivity index (χ4n) is 2.49. The molecule has 0 aromatic rings. The van der Waals surface area contributed by atoms with Crippen molar-refractivity contribution in [1.82, 2.24) is 10.2 Å². The van der Waals surface area contributed by atoms with Crippen LogP contribution in [0.25, 0.3) is 0 Å². The molecule has 0 aromatic carbocycles. The number of piperidine rings is 1. The van der Waals surface area contributed by atoms with Gasteiger partial charge < -0.3 is 10.2 Å². The summed E-state index contributed by atoms with van der Waals surface area (Å²) in [4.78, 5) is 2.52. The molecule has 3 nitrogen and oxygen atoms in total. The Hall–Kier alpha value is 0.0700. The minimum Gasteiger partial charge on any atom is -0.314 e. The molecule has 1 aliphatic rings. The molecule has 1 heterocycles. The first kappa shape index (κ1) is 14.1. The van der Waals surface area contributed by atoms with Crippen LogP contribution in [-0.2, 0) is 10.8 Å². The van der Waals surface area contributed by atoms with Gasteiger partial charge in [-0.2, -0.15) is 0 Å². The maximum atomic E-state index is 11.0. The molecule has 0 spiro atoms. The molecule has 0 amide bonds. The Labute approximate surface area is 102 Å². The van der Waals surface area contributed by atoms with Gasteiger partial charge in [-0.05, 0) is 38.4 Å². The van der Waals surface area contributed by atoms with Gasteiger partial charge in [0.05, 0.1) is 0 Å². The molecule has 1 aliphatic heterocycles. The van der Waals surface area contributed by atoms with Crippen molar-refractivity contribution in [3.63, 3.8) is 0 Å². The van der Waals surface area contributed by atoms with Gasteiger partial charge in [0, 0.05) is 35.4 Å². The molecule has 0 radical (unpaired) electrons. The van der Waals surface area contributed by atoms with Crippen molar-refractivity contribution in [3.8, 4) is 0 Å². The van der Waals surface area contributed by atoms with Crippen LogP contribution in [0.5, 0.6) is 0 Å². The van der Waals surface area contributed by atoms with E-state index < -0.39 is 10.8 Å². The third-order valence-electron chi connectivity index (χ3n) is 3.36. The summed E-state index contributed by atoms with van der Waals surface area (Å²) in [6.45, 7) is 9.08. The fraction of sp³-hybridized carbons (Fsp3) is 1.00. The lowest BCUT2D eigenvalue weighted by molar-refractivity contribution is 0.149. The summed E-state index contributed by atoms with van der Waals surface area (Å²) >= 11 is 0. The smallest absolute Gasteiger partial charge is 0.0244 e. The van der Waals surface area contributed by atoms with Gasteiger partial charge in [0.1, 0.15) is 0 Å². The van der Waals surface area contributed by atoms with Crippen molar-refractivity contribution in [3.05, 3.63) is 0 Å². The second-order valence-electron chi connectivity index (χ2n) is 4.86. The summed E-state index contributed by atoms with van der Waals surface area (Å²) in [5, 5.41) is 3.55. The van der Waals surface area contributed by atoms with Crippen molar-refractivity contribution in [2.75, 3.05) is 38.2 Å². The van der Waals surface area contributed by atoms with Gasteiger partial charge in [0.15, 0.2) is 0 Å². The second kappa shape index (κ2) is 7.41. The normalized spacial score (nSPS) is 29.2. The highest BCUT2D eigenvalue weighted by Crippen LogP contribution is 2.16. The minimum atomic E-state index is -0.628. The van der Waals surface area contributed by atoms with Gasteiger partial charge in [0.25, 0.3) is 0 Å². The predicted octanol–water partition coefficient (Wildman–Crippen LogP) is 1.07. The highest BCUT2D eigenvalue weighted by atomic mass is 32.2. The molecular formula is C12H26N2OS. The molecule has 1 rings (SSSR count). The first-order chi connectivity index (χ1) is 7.63. The Bertz CT molecular complexity index is 223. The summed E-state index contributed by atoms with van der Waals surface area (Å²) in [5.41, 5.74) is 0. The molecule has 0 aliphatic carbocycles. The van der Waals surface area contributed by atoms with E-state index in [1.807, 2.05) is 0 Å². The zero-order valence-corrected chi connectivity index (χ0v) is 11.7. The highest BCUT2D eigenvalue weighted by molar-refractivity contribution is 7.84. The monoisotopic (exact) mass is 246 g/mol. The standard InChI is InChI=1S/C12H26N2OS/c1-4-13-12-6-8-14(10-11(12)2)7-5-9-16(3)15/h11-13H,4-10H2,1-3H3. The van der Waals surface area contributed by atoms with Crippen LogP contribution in [0.4, 0.5) is 0 Å². The van der Waals surface area contributed by atoms with E-state index in [-0.39, 0.29) is 0 Å². The van der Waals surface area contributed by atoms with Crippen LogP contribution in [0.2, 0.25) is 0 Å². The largest absolute Gasteiger partial charge is 0.314 e. The second-order valence-corrected chi connectivity index (χ2v) is 6.42. The Balaban J connectivity index is 2.20. The van der Waals surface area contributed by atoms with Crippen LogP contribution in [0.15, 0.2) is 0 Å². The predicted molar refractivity (Wildman–Crippen MR) is 71.2 cm³/mol.